The summed E-state index contributed by atoms with van der Waals surface area (Å²) in [6, 6.07) is 3.23. The minimum absolute atomic E-state index is 0.0619. The highest BCUT2D eigenvalue weighted by molar-refractivity contribution is 5.99. The van der Waals surface area contributed by atoms with E-state index in [1.165, 1.54) is 21.3 Å². The Morgan fingerprint density at radius 2 is 1.41 bits per heavy atom. The van der Waals surface area contributed by atoms with E-state index in [9.17, 15) is 9.59 Å². The molecule has 0 heterocycles. The first kappa shape index (κ1) is 17.8. The maximum atomic E-state index is 12.3. The second-order valence-corrected chi connectivity index (χ2v) is 4.79. The molecule has 0 saturated carbocycles. The number of hydrogen-bond donors (Lipinski definition) is 1. The fourth-order valence-corrected chi connectivity index (χ4v) is 2.12. The van der Waals surface area contributed by atoms with E-state index in [0.29, 0.717) is 48.5 Å². The smallest absolute Gasteiger partial charge is 0.303 e. The topological polar surface area (TPSA) is 82.1 Å². The molecular weight excluding hydrogens is 288 g/mol. The van der Waals surface area contributed by atoms with Crippen LogP contribution in [-0.4, -0.2) is 38.2 Å². The minimum Gasteiger partial charge on any atom is -0.496 e. The van der Waals surface area contributed by atoms with Gasteiger partial charge in [0, 0.05) is 18.9 Å². The summed E-state index contributed by atoms with van der Waals surface area (Å²) in [5.41, 5.74) is 0.443. The van der Waals surface area contributed by atoms with Gasteiger partial charge in [-0.1, -0.05) is 6.42 Å². The molecule has 0 aliphatic heterocycles. The molecule has 0 aliphatic carbocycles. The molecule has 6 heteroatoms. The molecule has 22 heavy (non-hydrogen) atoms. The summed E-state index contributed by atoms with van der Waals surface area (Å²) in [7, 11) is 4.51. The number of methoxy groups -OCH3 is 3. The first-order valence-corrected chi connectivity index (χ1v) is 7.08. The van der Waals surface area contributed by atoms with Gasteiger partial charge in [0.2, 0.25) is 0 Å². The van der Waals surface area contributed by atoms with Crippen molar-refractivity contribution in [3.05, 3.63) is 17.7 Å². The van der Waals surface area contributed by atoms with Crippen molar-refractivity contribution in [1.82, 2.24) is 0 Å². The Morgan fingerprint density at radius 3 is 1.95 bits per heavy atom. The number of unbranched alkanes of at least 4 members (excludes halogenated alkanes) is 2. The van der Waals surface area contributed by atoms with Crippen LogP contribution in [-0.2, 0) is 4.79 Å². The molecule has 0 unspecified atom stereocenters. The number of carboxylic acid groups (broad SMARTS) is 1. The van der Waals surface area contributed by atoms with E-state index in [1.54, 1.807) is 12.1 Å². The first-order valence-electron chi connectivity index (χ1n) is 7.08. The predicted octanol–water partition coefficient (Wildman–Crippen LogP) is 2.93. The highest BCUT2D eigenvalue weighted by atomic mass is 16.5. The Labute approximate surface area is 130 Å². The number of aliphatic carboxylic acids is 1. The molecule has 0 aromatic heterocycles. The number of ketones is 1. The number of carbonyl (C=O) groups excluding carboxylic acids is 1. The predicted molar refractivity (Wildman–Crippen MR) is 81.1 cm³/mol. The summed E-state index contributed by atoms with van der Waals surface area (Å²) >= 11 is 0. The van der Waals surface area contributed by atoms with Crippen LogP contribution in [0.3, 0.4) is 0 Å². The molecule has 0 fully saturated rings. The van der Waals surface area contributed by atoms with Gasteiger partial charge in [0.05, 0.1) is 26.9 Å². The first-order chi connectivity index (χ1) is 10.5. The number of ether oxygens (including phenoxy) is 3. The second-order valence-electron chi connectivity index (χ2n) is 4.79. The van der Waals surface area contributed by atoms with Crippen LogP contribution >= 0.6 is 0 Å². The van der Waals surface area contributed by atoms with Crippen molar-refractivity contribution in [2.45, 2.75) is 32.1 Å². The van der Waals surface area contributed by atoms with E-state index in [-0.39, 0.29) is 12.2 Å². The quantitative estimate of drug-likeness (QED) is 0.528. The minimum atomic E-state index is -0.812. The van der Waals surface area contributed by atoms with Gasteiger partial charge in [0.25, 0.3) is 0 Å². The molecule has 0 bridgehead atoms. The summed E-state index contributed by atoms with van der Waals surface area (Å²) in [4.78, 5) is 22.7. The molecule has 0 saturated heterocycles. The SMILES string of the molecule is COc1cc(OC)c(C(=O)CCCCCC(=O)O)cc1OC. The lowest BCUT2D eigenvalue weighted by Crippen LogP contribution is -2.04. The Hall–Kier alpha value is -2.24. The lowest BCUT2D eigenvalue weighted by Gasteiger charge is -2.13. The van der Waals surface area contributed by atoms with Crippen molar-refractivity contribution in [3.63, 3.8) is 0 Å². The Kier molecular flexibility index (Phi) is 7.22. The normalized spacial score (nSPS) is 10.1. The number of benzene rings is 1. The summed E-state index contributed by atoms with van der Waals surface area (Å²) in [5.74, 6) is 0.532. The van der Waals surface area contributed by atoms with Crippen molar-refractivity contribution in [3.8, 4) is 17.2 Å². The molecule has 6 nitrogen and oxygen atoms in total. The van der Waals surface area contributed by atoms with E-state index >= 15 is 0 Å². The molecule has 1 aromatic rings. The summed E-state index contributed by atoms with van der Waals surface area (Å²) < 4.78 is 15.6. The fraction of sp³-hybridized carbons (Fsp3) is 0.500. The van der Waals surface area contributed by atoms with Gasteiger partial charge in [0.15, 0.2) is 17.3 Å². The third-order valence-electron chi connectivity index (χ3n) is 3.30. The van der Waals surface area contributed by atoms with Crippen LogP contribution < -0.4 is 14.2 Å². The molecule has 0 spiro atoms. The van der Waals surface area contributed by atoms with Gasteiger partial charge in [-0.3, -0.25) is 9.59 Å². The largest absolute Gasteiger partial charge is 0.496 e. The zero-order valence-electron chi connectivity index (χ0n) is 13.2. The Morgan fingerprint density at radius 1 is 0.864 bits per heavy atom. The molecule has 0 aliphatic rings. The van der Waals surface area contributed by atoms with Crippen molar-refractivity contribution in [1.29, 1.82) is 0 Å². The van der Waals surface area contributed by atoms with Crippen LogP contribution in [0.15, 0.2) is 12.1 Å². The van der Waals surface area contributed by atoms with Gasteiger partial charge in [0.1, 0.15) is 5.75 Å². The zero-order chi connectivity index (χ0) is 16.5. The van der Waals surface area contributed by atoms with Crippen molar-refractivity contribution in [2.24, 2.45) is 0 Å². The lowest BCUT2D eigenvalue weighted by molar-refractivity contribution is -0.137. The Bertz CT molecular complexity index is 524. The molecule has 1 aromatic carbocycles. The fourth-order valence-electron chi connectivity index (χ4n) is 2.12. The second kappa shape index (κ2) is 8.92. The molecular formula is C16H22O6. The average Bonchev–Trinajstić information content (AvgIpc) is 2.52. The zero-order valence-corrected chi connectivity index (χ0v) is 13.2. The summed E-state index contributed by atoms with van der Waals surface area (Å²) in [5, 5.41) is 8.57. The van der Waals surface area contributed by atoms with Gasteiger partial charge < -0.3 is 19.3 Å². The van der Waals surface area contributed by atoms with Gasteiger partial charge in [-0.2, -0.15) is 0 Å². The van der Waals surface area contributed by atoms with Crippen molar-refractivity contribution in [2.75, 3.05) is 21.3 Å². The van der Waals surface area contributed by atoms with Gasteiger partial charge in [-0.15, -0.1) is 0 Å². The maximum absolute atomic E-state index is 12.3. The number of hydrogen-bond acceptors (Lipinski definition) is 5. The van der Waals surface area contributed by atoms with Crippen LogP contribution in [0.1, 0.15) is 42.5 Å². The summed E-state index contributed by atoms with van der Waals surface area (Å²) in [6.45, 7) is 0. The Balaban J connectivity index is 2.73. The van der Waals surface area contributed by atoms with Crippen LogP contribution in [0.5, 0.6) is 17.2 Å². The highest BCUT2D eigenvalue weighted by Gasteiger charge is 2.17. The molecule has 0 radical (unpaired) electrons. The average molecular weight is 310 g/mol. The van der Waals surface area contributed by atoms with Crippen LogP contribution in [0.4, 0.5) is 0 Å². The van der Waals surface area contributed by atoms with E-state index in [4.69, 9.17) is 19.3 Å². The van der Waals surface area contributed by atoms with Gasteiger partial charge >= 0.3 is 5.97 Å². The van der Waals surface area contributed by atoms with Gasteiger partial charge in [-0.05, 0) is 18.9 Å². The van der Waals surface area contributed by atoms with E-state index < -0.39 is 5.97 Å². The molecule has 0 atom stereocenters. The molecule has 122 valence electrons. The van der Waals surface area contributed by atoms with Crippen molar-refractivity contribution < 1.29 is 28.9 Å². The molecule has 1 N–H and O–H groups in total. The molecule has 1 rings (SSSR count). The number of rotatable bonds is 10. The third kappa shape index (κ3) is 4.95. The highest BCUT2D eigenvalue weighted by Crippen LogP contribution is 2.35. The van der Waals surface area contributed by atoms with Crippen LogP contribution in [0, 0.1) is 0 Å². The van der Waals surface area contributed by atoms with Gasteiger partial charge in [-0.25, -0.2) is 0 Å². The third-order valence-corrected chi connectivity index (χ3v) is 3.30. The number of carbonyl (C=O) groups is 2. The van der Waals surface area contributed by atoms with Crippen LogP contribution in [0.25, 0.3) is 0 Å². The van der Waals surface area contributed by atoms with Crippen LogP contribution in [0.2, 0.25) is 0 Å². The number of Topliss-reactive ketones (excluding diaryl/α,β-unsaturated/α-hetero) is 1. The van der Waals surface area contributed by atoms with E-state index in [0.717, 1.165) is 0 Å². The van der Waals surface area contributed by atoms with E-state index in [1.807, 2.05) is 0 Å². The van der Waals surface area contributed by atoms with E-state index in [2.05, 4.69) is 0 Å². The maximum Gasteiger partial charge on any atom is 0.303 e. The number of carboxylic acids is 1. The van der Waals surface area contributed by atoms with Crippen molar-refractivity contribution >= 4 is 11.8 Å². The standard InChI is InChI=1S/C16H22O6/c1-20-13-10-15(22-3)14(21-2)9-11(13)12(17)7-5-4-6-8-16(18)19/h9-10H,4-8H2,1-3H3,(H,18,19). The molecule has 0 amide bonds. The summed E-state index contributed by atoms with van der Waals surface area (Å²) in [6.07, 6.45) is 2.39. The monoisotopic (exact) mass is 310 g/mol. The lowest BCUT2D eigenvalue weighted by atomic mass is 10.0.